The number of nitrogens with zero attached hydrogens (tertiary/aromatic N) is 1. The predicted molar refractivity (Wildman–Crippen MR) is 77.4 cm³/mol. The molecule has 0 saturated heterocycles. The van der Waals surface area contributed by atoms with Crippen LogP contribution in [0.2, 0.25) is 0 Å². The van der Waals surface area contributed by atoms with Crippen LogP contribution in [-0.4, -0.2) is 26.4 Å². The Bertz CT molecular complexity index is 572. The topological polar surface area (TPSA) is 101 Å². The fourth-order valence-corrected chi connectivity index (χ4v) is 2.73. The molecule has 7 nitrogen and oxygen atoms in total. The number of benzene rings is 1. The third kappa shape index (κ3) is 4.17. The SMILES string of the molecule is CCCCNS(=O)(=O)c1ccc(NCC)c([N+](=O)[O-])c1. The van der Waals surface area contributed by atoms with E-state index in [4.69, 9.17) is 0 Å². The standard InChI is InChI=1S/C12H19N3O4S/c1-3-5-8-14-20(18,19)10-6-7-11(13-4-2)12(9-10)15(16)17/h6-7,9,13-14H,3-5,8H2,1-2H3. The van der Waals surface area contributed by atoms with E-state index >= 15 is 0 Å². The molecule has 0 unspecified atom stereocenters. The van der Waals surface area contributed by atoms with Crippen molar-refractivity contribution in [3.63, 3.8) is 0 Å². The van der Waals surface area contributed by atoms with Crippen molar-refractivity contribution in [1.29, 1.82) is 0 Å². The Morgan fingerprint density at radius 1 is 1.30 bits per heavy atom. The second kappa shape index (κ2) is 7.20. The van der Waals surface area contributed by atoms with Gasteiger partial charge in [0.15, 0.2) is 0 Å². The summed E-state index contributed by atoms with van der Waals surface area (Å²) in [6.07, 6.45) is 1.58. The van der Waals surface area contributed by atoms with Crippen LogP contribution in [0.4, 0.5) is 11.4 Å². The molecular formula is C12H19N3O4S. The van der Waals surface area contributed by atoms with Crippen molar-refractivity contribution in [3.8, 4) is 0 Å². The highest BCUT2D eigenvalue weighted by molar-refractivity contribution is 7.89. The largest absolute Gasteiger partial charge is 0.380 e. The quantitative estimate of drug-likeness (QED) is 0.435. The number of hydrogen-bond acceptors (Lipinski definition) is 5. The lowest BCUT2D eigenvalue weighted by atomic mass is 10.2. The van der Waals surface area contributed by atoms with Crippen LogP contribution in [0.5, 0.6) is 0 Å². The van der Waals surface area contributed by atoms with Crippen LogP contribution >= 0.6 is 0 Å². The molecule has 8 heteroatoms. The highest BCUT2D eigenvalue weighted by Crippen LogP contribution is 2.27. The third-order valence-electron chi connectivity index (χ3n) is 2.67. The zero-order valence-electron chi connectivity index (χ0n) is 11.5. The number of anilines is 1. The first-order valence-corrected chi connectivity index (χ1v) is 7.92. The maximum atomic E-state index is 12.0. The molecule has 0 atom stereocenters. The van der Waals surface area contributed by atoms with Crippen LogP contribution in [-0.2, 0) is 10.0 Å². The number of sulfonamides is 1. The molecule has 1 aromatic rings. The van der Waals surface area contributed by atoms with Crippen molar-refractivity contribution >= 4 is 21.4 Å². The summed E-state index contributed by atoms with van der Waals surface area (Å²) in [5.74, 6) is 0. The second-order valence-corrected chi connectivity index (χ2v) is 5.98. The van der Waals surface area contributed by atoms with E-state index in [2.05, 4.69) is 10.0 Å². The molecule has 0 radical (unpaired) electrons. The lowest BCUT2D eigenvalue weighted by molar-refractivity contribution is -0.384. The van der Waals surface area contributed by atoms with Crippen LogP contribution in [0, 0.1) is 10.1 Å². The van der Waals surface area contributed by atoms with Gasteiger partial charge in [-0.3, -0.25) is 10.1 Å². The monoisotopic (exact) mass is 301 g/mol. The lowest BCUT2D eigenvalue weighted by Crippen LogP contribution is -2.24. The number of nitrogens with one attached hydrogen (secondary N) is 2. The predicted octanol–water partition coefficient (Wildman–Crippen LogP) is 2.10. The average molecular weight is 301 g/mol. The van der Waals surface area contributed by atoms with Crippen LogP contribution in [0.25, 0.3) is 0 Å². The first-order chi connectivity index (χ1) is 9.42. The molecule has 0 aromatic heterocycles. The molecule has 112 valence electrons. The number of rotatable bonds is 8. The van der Waals surface area contributed by atoms with Gasteiger partial charge in [0.05, 0.1) is 9.82 Å². The summed E-state index contributed by atoms with van der Waals surface area (Å²) in [7, 11) is -3.70. The van der Waals surface area contributed by atoms with Gasteiger partial charge in [0.2, 0.25) is 10.0 Å². The second-order valence-electron chi connectivity index (χ2n) is 4.22. The summed E-state index contributed by atoms with van der Waals surface area (Å²) >= 11 is 0. The van der Waals surface area contributed by atoms with Crippen LogP contribution < -0.4 is 10.0 Å². The Morgan fingerprint density at radius 2 is 2.00 bits per heavy atom. The first-order valence-electron chi connectivity index (χ1n) is 6.44. The van der Waals surface area contributed by atoms with Crippen molar-refractivity contribution in [3.05, 3.63) is 28.3 Å². The molecule has 0 amide bonds. The summed E-state index contributed by atoms with van der Waals surface area (Å²) in [4.78, 5) is 10.3. The van der Waals surface area contributed by atoms with Crippen LogP contribution in [0.3, 0.4) is 0 Å². The van der Waals surface area contributed by atoms with Crippen molar-refractivity contribution in [2.24, 2.45) is 0 Å². The molecule has 0 fully saturated rings. The van der Waals surface area contributed by atoms with E-state index in [1.807, 2.05) is 6.92 Å². The van der Waals surface area contributed by atoms with Gasteiger partial charge in [-0.1, -0.05) is 13.3 Å². The number of hydrogen-bond donors (Lipinski definition) is 2. The molecule has 0 aliphatic heterocycles. The van der Waals surface area contributed by atoms with Gasteiger partial charge in [0, 0.05) is 19.2 Å². The summed E-state index contributed by atoms with van der Waals surface area (Å²) in [6, 6.07) is 3.85. The zero-order valence-corrected chi connectivity index (χ0v) is 12.4. The van der Waals surface area contributed by atoms with Gasteiger partial charge in [0.1, 0.15) is 5.69 Å². The average Bonchev–Trinajstić information content (AvgIpc) is 2.39. The molecule has 0 aliphatic rings. The summed E-state index contributed by atoms with van der Waals surface area (Å²) in [5.41, 5.74) is 0.0650. The molecule has 0 saturated carbocycles. The Hall–Kier alpha value is -1.67. The normalized spacial score (nSPS) is 11.3. The van der Waals surface area contributed by atoms with E-state index in [0.717, 1.165) is 18.9 Å². The van der Waals surface area contributed by atoms with E-state index in [1.54, 1.807) is 6.92 Å². The molecule has 20 heavy (non-hydrogen) atoms. The van der Waals surface area contributed by atoms with Gasteiger partial charge < -0.3 is 5.32 Å². The van der Waals surface area contributed by atoms with Crippen molar-refractivity contribution in [1.82, 2.24) is 4.72 Å². The minimum atomic E-state index is -3.70. The summed E-state index contributed by atoms with van der Waals surface area (Å²) in [6.45, 7) is 4.59. The van der Waals surface area contributed by atoms with E-state index in [-0.39, 0.29) is 10.6 Å². The fourth-order valence-electron chi connectivity index (χ4n) is 1.64. The maximum Gasteiger partial charge on any atom is 0.293 e. The Balaban J connectivity index is 3.07. The van der Waals surface area contributed by atoms with Gasteiger partial charge in [0.25, 0.3) is 5.69 Å². The van der Waals surface area contributed by atoms with Crippen LogP contribution in [0.15, 0.2) is 23.1 Å². The Kier molecular flexibility index (Phi) is 5.90. The molecule has 0 heterocycles. The van der Waals surface area contributed by atoms with Gasteiger partial charge in [-0.2, -0.15) is 0 Å². The summed E-state index contributed by atoms with van der Waals surface area (Å²) in [5, 5.41) is 13.8. The first kappa shape index (κ1) is 16.4. The molecule has 0 spiro atoms. The van der Waals surface area contributed by atoms with E-state index < -0.39 is 14.9 Å². The van der Waals surface area contributed by atoms with Gasteiger partial charge >= 0.3 is 0 Å². The highest BCUT2D eigenvalue weighted by atomic mass is 32.2. The number of nitro benzene ring substituents is 1. The minimum absolute atomic E-state index is 0.0954. The van der Waals surface area contributed by atoms with Gasteiger partial charge in [-0.05, 0) is 25.5 Å². The molecular weight excluding hydrogens is 282 g/mol. The highest BCUT2D eigenvalue weighted by Gasteiger charge is 2.20. The third-order valence-corrected chi connectivity index (χ3v) is 4.12. The summed E-state index contributed by atoms with van der Waals surface area (Å²) < 4.78 is 26.4. The minimum Gasteiger partial charge on any atom is -0.380 e. The molecule has 1 aromatic carbocycles. The molecule has 2 N–H and O–H groups in total. The fraction of sp³-hybridized carbons (Fsp3) is 0.500. The van der Waals surface area contributed by atoms with Crippen molar-refractivity contribution in [2.45, 2.75) is 31.6 Å². The van der Waals surface area contributed by atoms with Crippen molar-refractivity contribution < 1.29 is 13.3 Å². The smallest absolute Gasteiger partial charge is 0.293 e. The van der Waals surface area contributed by atoms with E-state index in [1.165, 1.54) is 12.1 Å². The molecule has 0 aliphatic carbocycles. The number of unbranched alkanes of at least 4 members (excludes halogenated alkanes) is 1. The van der Waals surface area contributed by atoms with E-state index in [9.17, 15) is 18.5 Å². The maximum absolute atomic E-state index is 12.0. The molecule has 1 rings (SSSR count). The lowest BCUT2D eigenvalue weighted by Gasteiger charge is -2.08. The van der Waals surface area contributed by atoms with Gasteiger partial charge in [-0.15, -0.1) is 0 Å². The number of nitro groups is 1. The van der Waals surface area contributed by atoms with Gasteiger partial charge in [-0.25, -0.2) is 13.1 Å². The van der Waals surface area contributed by atoms with Crippen molar-refractivity contribution in [2.75, 3.05) is 18.4 Å². The molecule has 0 bridgehead atoms. The zero-order chi connectivity index (χ0) is 15.2. The Labute approximate surface area is 118 Å². The van der Waals surface area contributed by atoms with Crippen LogP contribution in [0.1, 0.15) is 26.7 Å². The Morgan fingerprint density at radius 3 is 2.55 bits per heavy atom. The van der Waals surface area contributed by atoms with E-state index in [0.29, 0.717) is 18.8 Å².